The molecule has 0 bridgehead atoms. The Labute approximate surface area is 264 Å². The lowest BCUT2D eigenvalue weighted by Gasteiger charge is -2.12. The summed E-state index contributed by atoms with van der Waals surface area (Å²) < 4.78 is 78.0. The summed E-state index contributed by atoms with van der Waals surface area (Å²) in [7, 11) is -7.38. The number of rotatable bonds is 16. The van der Waals surface area contributed by atoms with Gasteiger partial charge in [0.05, 0.1) is 48.5 Å². The Balaban J connectivity index is 1.15. The molecule has 4 rings (SSSR count). The van der Waals surface area contributed by atoms with Gasteiger partial charge in [-0.25, -0.2) is 26.3 Å². The molecule has 0 amide bonds. The van der Waals surface area contributed by atoms with E-state index in [0.29, 0.717) is 33.9 Å². The highest BCUT2D eigenvalue weighted by Gasteiger charge is 2.20. The molecule has 0 unspecified atom stereocenters. The zero-order valence-corrected chi connectivity index (χ0v) is 28.0. The van der Waals surface area contributed by atoms with Gasteiger partial charge in [0.25, 0.3) is 0 Å². The van der Waals surface area contributed by atoms with Crippen molar-refractivity contribution in [2.24, 2.45) is 0 Å². The van der Waals surface area contributed by atoms with E-state index in [0.717, 1.165) is 27.9 Å². The average molecular weight is 661 g/mol. The van der Waals surface area contributed by atoms with Gasteiger partial charge in [-0.3, -0.25) is 0 Å². The summed E-state index contributed by atoms with van der Waals surface area (Å²) in [6.45, 7) is 11.8. The van der Waals surface area contributed by atoms with Crippen LogP contribution in [0.5, 0.6) is 0 Å². The van der Waals surface area contributed by atoms with Gasteiger partial charge >= 0.3 is 0 Å². The van der Waals surface area contributed by atoms with Crippen LogP contribution in [0.15, 0.2) is 50.3 Å². The van der Waals surface area contributed by atoms with Gasteiger partial charge in [0.1, 0.15) is 11.5 Å². The number of ether oxygens (including phenoxy) is 2. The molecule has 0 aliphatic rings. The number of aryl methyl sites for hydroxylation is 6. The van der Waals surface area contributed by atoms with Crippen molar-refractivity contribution in [3.63, 3.8) is 0 Å². The second kappa shape index (κ2) is 14.8. The van der Waals surface area contributed by atoms with Gasteiger partial charge in [-0.1, -0.05) is 34.6 Å². The van der Waals surface area contributed by atoms with Crippen LogP contribution >= 0.6 is 0 Å². The smallest absolute Gasteiger partial charge is 0.240 e. The quantitative estimate of drug-likeness (QED) is 0.166. The maximum absolute atomic E-state index is 13.0. The molecule has 0 radical (unpaired) electrons. The fourth-order valence-corrected chi connectivity index (χ4v) is 7.49. The number of nitrogens with one attached hydrogen (secondary N) is 2. The molecule has 0 saturated carbocycles. The third-order valence-electron chi connectivity index (χ3n) is 7.30. The Morgan fingerprint density at radius 1 is 0.667 bits per heavy atom. The first-order valence-electron chi connectivity index (χ1n) is 14.5. The first-order valence-corrected chi connectivity index (χ1v) is 17.6. The van der Waals surface area contributed by atoms with Crippen molar-refractivity contribution in [3.05, 3.63) is 76.0 Å². The molecule has 244 valence electrons. The molecule has 0 spiro atoms. The van der Waals surface area contributed by atoms with Crippen molar-refractivity contribution in [2.75, 3.05) is 39.5 Å². The number of hydrogen-bond donors (Lipinski definition) is 2. The van der Waals surface area contributed by atoms with Gasteiger partial charge in [-0.2, -0.15) is 0 Å². The predicted molar refractivity (Wildman–Crippen MR) is 170 cm³/mol. The predicted octanol–water partition coefficient (Wildman–Crippen LogP) is 4.28. The van der Waals surface area contributed by atoms with Crippen molar-refractivity contribution in [3.8, 4) is 22.3 Å². The Hall–Kier alpha value is -3.40. The third-order valence-corrected chi connectivity index (χ3v) is 10.2. The van der Waals surface area contributed by atoms with Gasteiger partial charge in [0, 0.05) is 24.2 Å². The normalized spacial score (nSPS) is 12.2. The van der Waals surface area contributed by atoms with E-state index in [9.17, 15) is 16.8 Å². The van der Waals surface area contributed by atoms with Gasteiger partial charge in [0.15, 0.2) is 0 Å². The average Bonchev–Trinajstić information content (AvgIpc) is 3.50. The molecule has 0 atom stereocenters. The van der Waals surface area contributed by atoms with E-state index >= 15 is 0 Å². The minimum Gasteiger partial charge on any atom is -0.378 e. The van der Waals surface area contributed by atoms with Crippen molar-refractivity contribution in [2.45, 2.75) is 52.2 Å². The van der Waals surface area contributed by atoms with Crippen LogP contribution in [-0.2, 0) is 35.3 Å². The summed E-state index contributed by atoms with van der Waals surface area (Å²) in [6.07, 6.45) is 0. The van der Waals surface area contributed by atoms with Gasteiger partial charge in [-0.05, 0) is 81.5 Å². The minimum atomic E-state index is -3.78. The SMILES string of the molecule is Cc1ccc(-c2c(C)noc2C)cc1CS(=O)(=O)NCCOCCOCCNS(=O)(=O)c1cc(-c2c(C)noc2C)ccc1C. The molecule has 2 N–H and O–H groups in total. The lowest BCUT2D eigenvalue weighted by Crippen LogP contribution is -2.29. The van der Waals surface area contributed by atoms with Crippen LogP contribution in [0.2, 0.25) is 0 Å². The maximum Gasteiger partial charge on any atom is 0.240 e. The number of nitrogens with zero attached hydrogens (tertiary/aromatic N) is 2. The fraction of sp³-hybridized carbons (Fsp3) is 0.419. The highest BCUT2D eigenvalue weighted by Crippen LogP contribution is 2.31. The summed E-state index contributed by atoms with van der Waals surface area (Å²) in [4.78, 5) is 0.175. The monoisotopic (exact) mass is 660 g/mol. The Bertz CT molecular complexity index is 1810. The Morgan fingerprint density at radius 2 is 1.18 bits per heavy atom. The molecule has 0 fully saturated rings. The maximum atomic E-state index is 13.0. The van der Waals surface area contributed by atoms with Crippen molar-refractivity contribution >= 4 is 20.0 Å². The zero-order chi connectivity index (χ0) is 32.8. The minimum absolute atomic E-state index is 0.0774. The van der Waals surface area contributed by atoms with Crippen LogP contribution in [-0.4, -0.2) is 66.7 Å². The fourth-order valence-electron chi connectivity index (χ4n) is 4.99. The molecule has 45 heavy (non-hydrogen) atoms. The number of benzene rings is 2. The Kier molecular flexibility index (Phi) is 11.3. The summed E-state index contributed by atoms with van der Waals surface area (Å²) in [5.74, 6) is 1.13. The number of aromatic nitrogens is 2. The third kappa shape index (κ3) is 8.87. The van der Waals surface area contributed by atoms with E-state index in [4.69, 9.17) is 18.5 Å². The van der Waals surface area contributed by atoms with Crippen LogP contribution in [0.1, 0.15) is 39.6 Å². The van der Waals surface area contributed by atoms with Gasteiger partial charge < -0.3 is 18.5 Å². The van der Waals surface area contributed by atoms with Gasteiger partial charge in [0.2, 0.25) is 20.0 Å². The van der Waals surface area contributed by atoms with E-state index in [1.165, 1.54) is 0 Å². The molecule has 0 saturated heterocycles. The van der Waals surface area contributed by atoms with Crippen molar-refractivity contribution < 1.29 is 35.4 Å². The first kappa shape index (κ1) is 34.5. The summed E-state index contributed by atoms with van der Waals surface area (Å²) in [5, 5.41) is 7.93. The molecule has 2 aromatic heterocycles. The molecule has 0 aliphatic heterocycles. The second-order valence-electron chi connectivity index (χ2n) is 10.8. The van der Waals surface area contributed by atoms with Crippen LogP contribution in [0.4, 0.5) is 0 Å². The molecule has 4 aromatic rings. The van der Waals surface area contributed by atoms with Gasteiger partial charge in [-0.15, -0.1) is 0 Å². The molecule has 0 aliphatic carbocycles. The molecule has 2 heterocycles. The van der Waals surface area contributed by atoms with E-state index in [-0.39, 0.29) is 50.2 Å². The highest BCUT2D eigenvalue weighted by atomic mass is 32.2. The number of hydrogen-bond acceptors (Lipinski definition) is 10. The van der Waals surface area contributed by atoms with Crippen LogP contribution in [0, 0.1) is 41.5 Å². The van der Waals surface area contributed by atoms with Crippen molar-refractivity contribution in [1.82, 2.24) is 19.8 Å². The van der Waals surface area contributed by atoms with E-state index in [2.05, 4.69) is 19.8 Å². The summed E-state index contributed by atoms with van der Waals surface area (Å²) >= 11 is 0. The van der Waals surface area contributed by atoms with E-state index < -0.39 is 20.0 Å². The lowest BCUT2D eigenvalue weighted by atomic mass is 9.99. The number of sulfonamides is 2. The van der Waals surface area contributed by atoms with Crippen LogP contribution in [0.3, 0.4) is 0 Å². The standard InChI is InChI=1S/C31H40N4O8S2/c1-20-7-9-26(30-22(3)34-42-24(30)5)17-28(20)19-44(36,37)32-11-13-40-15-16-41-14-12-33-45(38,39)29-18-27(10-8-21(29)2)31-23(4)35-43-25(31)6/h7-10,17-18,32-33H,11-16,19H2,1-6H3. The van der Waals surface area contributed by atoms with Crippen LogP contribution in [0.25, 0.3) is 22.3 Å². The zero-order valence-electron chi connectivity index (χ0n) is 26.4. The summed E-state index contributed by atoms with van der Waals surface area (Å²) in [6, 6.07) is 10.9. The van der Waals surface area contributed by atoms with E-state index in [1.54, 1.807) is 26.0 Å². The molecule has 12 nitrogen and oxygen atoms in total. The highest BCUT2D eigenvalue weighted by molar-refractivity contribution is 7.89. The largest absolute Gasteiger partial charge is 0.378 e. The van der Waals surface area contributed by atoms with Crippen molar-refractivity contribution in [1.29, 1.82) is 0 Å². The summed E-state index contributed by atoms with van der Waals surface area (Å²) in [5.41, 5.74) is 6.81. The molecule has 2 aromatic carbocycles. The molecule has 14 heteroatoms. The van der Waals surface area contributed by atoms with Crippen LogP contribution < -0.4 is 9.44 Å². The van der Waals surface area contributed by atoms with E-state index in [1.807, 2.05) is 52.0 Å². The topological polar surface area (TPSA) is 163 Å². The molecular formula is C31H40N4O8S2. The molecular weight excluding hydrogens is 620 g/mol. The first-order chi connectivity index (χ1) is 21.3. The lowest BCUT2D eigenvalue weighted by molar-refractivity contribution is 0.0522. The Morgan fingerprint density at radius 3 is 1.71 bits per heavy atom. The second-order valence-corrected chi connectivity index (χ2v) is 14.3.